The smallest absolute Gasteiger partial charge is 0.423 e. The lowest BCUT2D eigenvalue weighted by atomic mass is 9.91. The van der Waals surface area contributed by atoms with E-state index in [1.807, 2.05) is 0 Å². The Morgan fingerprint density at radius 2 is 1.88 bits per heavy atom. The van der Waals surface area contributed by atoms with Crippen LogP contribution in [0.2, 0.25) is 0 Å². The molecule has 1 atom stereocenters. The highest BCUT2D eigenvalue weighted by atomic mass is 19.4. The van der Waals surface area contributed by atoms with Gasteiger partial charge in [-0.05, 0) is 13.1 Å². The van der Waals surface area contributed by atoms with Crippen molar-refractivity contribution in [1.82, 2.24) is 5.32 Å². The fourth-order valence-corrected chi connectivity index (χ4v) is 1.71. The topological polar surface area (TPSA) is 41.5 Å². The second kappa shape index (κ2) is 4.93. The van der Waals surface area contributed by atoms with Crippen molar-refractivity contribution < 1.29 is 23.0 Å². The molecule has 0 fully saturated rings. The Labute approximate surface area is 97.2 Å². The highest BCUT2D eigenvalue weighted by Crippen LogP contribution is 2.44. The standard InChI is InChI=1S/C11H14F3NO2/c1-15-7-10(17-2,11(12,13)14)8-5-3-4-6-9(8)16/h3-6,15-16H,7H2,1-2H3. The van der Waals surface area contributed by atoms with Crippen LogP contribution in [0.5, 0.6) is 5.75 Å². The fourth-order valence-electron chi connectivity index (χ4n) is 1.71. The van der Waals surface area contributed by atoms with Crippen LogP contribution in [0, 0.1) is 0 Å². The number of rotatable bonds is 4. The van der Waals surface area contributed by atoms with Gasteiger partial charge in [-0.15, -0.1) is 0 Å². The predicted molar refractivity (Wildman–Crippen MR) is 56.8 cm³/mol. The summed E-state index contributed by atoms with van der Waals surface area (Å²) in [6.45, 7) is -0.482. The van der Waals surface area contributed by atoms with E-state index in [9.17, 15) is 18.3 Å². The third-order valence-electron chi connectivity index (χ3n) is 2.57. The summed E-state index contributed by atoms with van der Waals surface area (Å²) in [5.74, 6) is -0.443. The van der Waals surface area contributed by atoms with Gasteiger partial charge in [0.2, 0.25) is 5.60 Å². The van der Waals surface area contributed by atoms with Crippen LogP contribution in [-0.2, 0) is 10.3 Å². The molecule has 0 heterocycles. The van der Waals surface area contributed by atoms with Crippen LogP contribution in [0.15, 0.2) is 24.3 Å². The number of halogens is 3. The quantitative estimate of drug-likeness (QED) is 0.857. The average Bonchev–Trinajstić information content (AvgIpc) is 2.25. The van der Waals surface area contributed by atoms with Crippen LogP contribution in [0.4, 0.5) is 13.2 Å². The first-order valence-electron chi connectivity index (χ1n) is 4.94. The van der Waals surface area contributed by atoms with E-state index < -0.39 is 24.1 Å². The van der Waals surface area contributed by atoms with Gasteiger partial charge in [-0.3, -0.25) is 0 Å². The summed E-state index contributed by atoms with van der Waals surface area (Å²) in [7, 11) is 2.36. The molecule has 3 nitrogen and oxygen atoms in total. The van der Waals surface area contributed by atoms with Gasteiger partial charge >= 0.3 is 6.18 Å². The van der Waals surface area contributed by atoms with Gasteiger partial charge < -0.3 is 15.2 Å². The zero-order valence-corrected chi connectivity index (χ0v) is 9.51. The molecule has 0 bridgehead atoms. The summed E-state index contributed by atoms with van der Waals surface area (Å²) in [6, 6.07) is 5.27. The molecular weight excluding hydrogens is 235 g/mol. The first-order valence-corrected chi connectivity index (χ1v) is 4.94. The Balaban J connectivity index is 3.38. The molecule has 17 heavy (non-hydrogen) atoms. The van der Waals surface area contributed by atoms with Crippen molar-refractivity contribution >= 4 is 0 Å². The van der Waals surface area contributed by atoms with Crippen molar-refractivity contribution in [2.45, 2.75) is 11.8 Å². The summed E-state index contributed by atoms with van der Waals surface area (Å²) < 4.78 is 44.1. The van der Waals surface area contributed by atoms with E-state index in [0.29, 0.717) is 0 Å². The number of hydrogen-bond donors (Lipinski definition) is 2. The van der Waals surface area contributed by atoms with E-state index in [-0.39, 0.29) is 5.56 Å². The third-order valence-corrected chi connectivity index (χ3v) is 2.57. The molecule has 2 N–H and O–H groups in total. The lowest BCUT2D eigenvalue weighted by Gasteiger charge is -2.35. The lowest BCUT2D eigenvalue weighted by molar-refractivity contribution is -0.274. The molecule has 0 amide bonds. The molecule has 0 spiro atoms. The summed E-state index contributed by atoms with van der Waals surface area (Å²) in [5, 5.41) is 12.0. The minimum atomic E-state index is -4.64. The van der Waals surface area contributed by atoms with Crippen LogP contribution < -0.4 is 5.32 Å². The minimum Gasteiger partial charge on any atom is -0.508 e. The van der Waals surface area contributed by atoms with Crippen molar-refractivity contribution in [1.29, 1.82) is 0 Å². The Morgan fingerprint density at radius 1 is 1.29 bits per heavy atom. The molecule has 0 aliphatic rings. The van der Waals surface area contributed by atoms with Gasteiger partial charge in [0.25, 0.3) is 0 Å². The maximum absolute atomic E-state index is 13.2. The van der Waals surface area contributed by atoms with Crippen molar-refractivity contribution in [3.8, 4) is 5.75 Å². The zero-order chi connectivity index (χ0) is 13.1. The second-order valence-corrected chi connectivity index (χ2v) is 3.58. The van der Waals surface area contributed by atoms with Gasteiger partial charge in [0.05, 0.1) is 0 Å². The van der Waals surface area contributed by atoms with E-state index in [0.717, 1.165) is 7.11 Å². The molecule has 1 rings (SSSR count). The summed E-state index contributed by atoms with van der Waals surface area (Å²) >= 11 is 0. The molecule has 0 saturated carbocycles. The largest absolute Gasteiger partial charge is 0.508 e. The number of hydrogen-bond acceptors (Lipinski definition) is 3. The Bertz CT molecular complexity index is 381. The molecule has 1 unspecified atom stereocenters. The van der Waals surface area contributed by atoms with Crippen molar-refractivity contribution in [2.24, 2.45) is 0 Å². The lowest BCUT2D eigenvalue weighted by Crippen LogP contribution is -2.50. The van der Waals surface area contributed by atoms with Crippen LogP contribution in [0.25, 0.3) is 0 Å². The van der Waals surface area contributed by atoms with E-state index in [1.165, 1.54) is 31.3 Å². The Hall–Kier alpha value is -1.27. The maximum atomic E-state index is 13.2. The maximum Gasteiger partial charge on any atom is 0.423 e. The van der Waals surface area contributed by atoms with Gasteiger partial charge in [-0.1, -0.05) is 18.2 Å². The fraction of sp³-hybridized carbons (Fsp3) is 0.455. The van der Waals surface area contributed by atoms with E-state index in [4.69, 9.17) is 0 Å². The molecular formula is C11H14F3NO2. The number of methoxy groups -OCH3 is 1. The van der Waals surface area contributed by atoms with Gasteiger partial charge in [0.1, 0.15) is 5.75 Å². The molecule has 1 aromatic carbocycles. The summed E-state index contributed by atoms with van der Waals surface area (Å²) in [4.78, 5) is 0. The monoisotopic (exact) mass is 249 g/mol. The number of ether oxygens (including phenoxy) is 1. The van der Waals surface area contributed by atoms with E-state index in [1.54, 1.807) is 0 Å². The first kappa shape index (κ1) is 13.8. The number of alkyl halides is 3. The average molecular weight is 249 g/mol. The van der Waals surface area contributed by atoms with Crippen molar-refractivity contribution in [3.63, 3.8) is 0 Å². The third kappa shape index (κ3) is 2.37. The normalized spacial score (nSPS) is 15.6. The molecule has 0 aromatic heterocycles. The minimum absolute atomic E-state index is 0.302. The number of aromatic hydroxyl groups is 1. The molecule has 0 aliphatic heterocycles. The first-order chi connectivity index (χ1) is 7.89. The van der Waals surface area contributed by atoms with Crippen LogP contribution in [0.1, 0.15) is 5.56 Å². The van der Waals surface area contributed by atoms with Crippen molar-refractivity contribution in [2.75, 3.05) is 20.7 Å². The molecule has 1 aromatic rings. The number of phenolic OH excluding ortho intramolecular Hbond substituents is 1. The summed E-state index contributed by atoms with van der Waals surface area (Å²) in [5.41, 5.74) is -2.85. The van der Waals surface area contributed by atoms with Crippen molar-refractivity contribution in [3.05, 3.63) is 29.8 Å². The van der Waals surface area contributed by atoms with Crippen LogP contribution in [-0.4, -0.2) is 32.0 Å². The number of likely N-dealkylation sites (N-methyl/N-ethyl adjacent to an activating group) is 1. The number of phenols is 1. The van der Waals surface area contributed by atoms with E-state index in [2.05, 4.69) is 10.1 Å². The second-order valence-electron chi connectivity index (χ2n) is 3.58. The predicted octanol–water partition coefficient (Wildman–Crippen LogP) is 2.02. The van der Waals surface area contributed by atoms with Crippen LogP contribution >= 0.6 is 0 Å². The number of nitrogens with one attached hydrogen (secondary N) is 1. The van der Waals surface area contributed by atoms with Gasteiger partial charge in [0.15, 0.2) is 0 Å². The molecule has 0 saturated heterocycles. The Kier molecular flexibility index (Phi) is 4.00. The zero-order valence-electron chi connectivity index (χ0n) is 9.51. The van der Waals surface area contributed by atoms with Gasteiger partial charge in [-0.2, -0.15) is 13.2 Å². The number of benzene rings is 1. The molecule has 96 valence electrons. The molecule has 6 heteroatoms. The Morgan fingerprint density at radius 3 is 2.29 bits per heavy atom. The number of para-hydroxylation sites is 1. The SMILES string of the molecule is CNCC(OC)(c1ccccc1O)C(F)(F)F. The summed E-state index contributed by atoms with van der Waals surface area (Å²) in [6.07, 6.45) is -4.64. The van der Waals surface area contributed by atoms with Gasteiger partial charge in [-0.25, -0.2) is 0 Å². The molecule has 0 aliphatic carbocycles. The van der Waals surface area contributed by atoms with Gasteiger partial charge in [0, 0.05) is 19.2 Å². The highest BCUT2D eigenvalue weighted by Gasteiger charge is 2.57. The molecule has 0 radical (unpaired) electrons. The van der Waals surface area contributed by atoms with Crippen LogP contribution in [0.3, 0.4) is 0 Å². The highest BCUT2D eigenvalue weighted by molar-refractivity contribution is 5.38. The van der Waals surface area contributed by atoms with E-state index >= 15 is 0 Å².